The van der Waals surface area contributed by atoms with Gasteiger partial charge in [0.2, 0.25) is 20.0 Å². The van der Waals surface area contributed by atoms with E-state index in [1.54, 1.807) is 16.4 Å². The van der Waals surface area contributed by atoms with Crippen LogP contribution in [0.1, 0.15) is 38.2 Å². The van der Waals surface area contributed by atoms with Gasteiger partial charge in [0, 0.05) is 19.6 Å². The van der Waals surface area contributed by atoms with E-state index in [1.807, 2.05) is 19.9 Å². The maximum absolute atomic E-state index is 12.7. The highest BCUT2D eigenvalue weighted by molar-refractivity contribution is 7.90. The molecule has 0 atom stereocenters. The molecule has 27 heavy (non-hydrogen) atoms. The quantitative estimate of drug-likeness (QED) is 0.698. The zero-order chi connectivity index (χ0) is 19.7. The Balaban J connectivity index is 1.59. The minimum absolute atomic E-state index is 0.130. The molecule has 152 valence electrons. The van der Waals surface area contributed by atoms with Crippen molar-refractivity contribution in [2.24, 2.45) is 5.92 Å². The predicted molar refractivity (Wildman–Crippen MR) is 104 cm³/mol. The van der Waals surface area contributed by atoms with Gasteiger partial charge in [-0.25, -0.2) is 25.9 Å². The van der Waals surface area contributed by atoms with Crippen molar-refractivity contribution in [3.63, 3.8) is 0 Å². The fourth-order valence-electron chi connectivity index (χ4n) is 3.35. The summed E-state index contributed by atoms with van der Waals surface area (Å²) in [5.74, 6) is 0.478. The van der Waals surface area contributed by atoms with Gasteiger partial charge >= 0.3 is 0 Å². The molecule has 3 rings (SSSR count). The van der Waals surface area contributed by atoms with Gasteiger partial charge in [-0.3, -0.25) is 0 Å². The molecule has 1 aliphatic heterocycles. The molecule has 9 heteroatoms. The van der Waals surface area contributed by atoms with Crippen LogP contribution in [-0.2, 0) is 20.0 Å². The van der Waals surface area contributed by atoms with E-state index in [-0.39, 0.29) is 16.1 Å². The van der Waals surface area contributed by atoms with Gasteiger partial charge in [-0.1, -0.05) is 6.07 Å². The number of rotatable bonds is 8. The molecular formula is C18H28N2O5S2. The Hall–Kier alpha value is -1.16. The van der Waals surface area contributed by atoms with Gasteiger partial charge < -0.3 is 4.74 Å². The van der Waals surface area contributed by atoms with Crippen molar-refractivity contribution >= 4 is 20.0 Å². The van der Waals surface area contributed by atoms with Crippen molar-refractivity contribution in [1.29, 1.82) is 0 Å². The second-order valence-corrected chi connectivity index (χ2v) is 11.3. The van der Waals surface area contributed by atoms with Crippen LogP contribution in [0.15, 0.2) is 23.1 Å². The van der Waals surface area contributed by atoms with Crippen molar-refractivity contribution in [2.45, 2.75) is 49.7 Å². The SMILES string of the molecule is CCOc1ccc(C)cc1S(=O)(=O)NCC1CCN(S(=O)(=O)C2CC2)CC1. The van der Waals surface area contributed by atoms with E-state index in [2.05, 4.69) is 4.72 Å². The number of piperidine rings is 1. The first kappa shape index (κ1) is 20.6. The molecule has 1 aromatic carbocycles. The van der Waals surface area contributed by atoms with Crippen LogP contribution in [0.3, 0.4) is 0 Å². The molecule has 0 radical (unpaired) electrons. The minimum Gasteiger partial charge on any atom is -0.492 e. The Kier molecular flexibility index (Phi) is 6.14. The third-order valence-corrected chi connectivity index (χ3v) is 8.97. The summed E-state index contributed by atoms with van der Waals surface area (Å²) < 4.78 is 59.8. The molecule has 0 spiro atoms. The van der Waals surface area contributed by atoms with Gasteiger partial charge in [-0.05, 0) is 63.1 Å². The lowest BCUT2D eigenvalue weighted by atomic mass is 9.99. The maximum Gasteiger partial charge on any atom is 0.244 e. The molecule has 2 fully saturated rings. The number of nitrogens with one attached hydrogen (secondary N) is 1. The molecule has 1 heterocycles. The summed E-state index contributed by atoms with van der Waals surface area (Å²) in [7, 11) is -6.82. The lowest BCUT2D eigenvalue weighted by molar-refractivity contribution is 0.274. The maximum atomic E-state index is 12.7. The topological polar surface area (TPSA) is 92.8 Å². The van der Waals surface area contributed by atoms with Gasteiger partial charge in [0.15, 0.2) is 0 Å². The molecule has 7 nitrogen and oxygen atoms in total. The van der Waals surface area contributed by atoms with Crippen molar-refractivity contribution in [1.82, 2.24) is 9.03 Å². The second kappa shape index (κ2) is 8.06. The number of hydrogen-bond acceptors (Lipinski definition) is 5. The fraction of sp³-hybridized carbons (Fsp3) is 0.667. The standard InChI is InChI=1S/C18H28N2O5S2/c1-3-25-17-7-4-14(2)12-18(17)26(21,22)19-13-15-8-10-20(11-9-15)27(23,24)16-5-6-16/h4,7,12,15-16,19H,3,5-6,8-11,13H2,1-2H3. The molecule has 2 aliphatic rings. The van der Waals surface area contributed by atoms with Crippen molar-refractivity contribution in [3.8, 4) is 5.75 Å². The average molecular weight is 417 g/mol. The van der Waals surface area contributed by atoms with Gasteiger partial charge in [-0.2, -0.15) is 0 Å². The first-order valence-electron chi connectivity index (χ1n) is 9.46. The van der Waals surface area contributed by atoms with Crippen LogP contribution >= 0.6 is 0 Å². The molecular weight excluding hydrogens is 388 g/mol. The van der Waals surface area contributed by atoms with Gasteiger partial charge in [-0.15, -0.1) is 0 Å². The third kappa shape index (κ3) is 4.82. The Morgan fingerprint density at radius 1 is 1.11 bits per heavy atom. The smallest absolute Gasteiger partial charge is 0.244 e. The largest absolute Gasteiger partial charge is 0.492 e. The van der Waals surface area contributed by atoms with Gasteiger partial charge in [0.1, 0.15) is 10.6 Å². The van der Waals surface area contributed by atoms with Crippen LogP contribution in [0.5, 0.6) is 5.75 Å². The Morgan fingerprint density at radius 3 is 2.37 bits per heavy atom. The predicted octanol–water partition coefficient (Wildman–Crippen LogP) is 1.88. The number of benzene rings is 1. The van der Waals surface area contributed by atoms with Crippen LogP contribution in [0, 0.1) is 12.8 Å². The molecule has 1 aliphatic carbocycles. The highest BCUT2D eigenvalue weighted by atomic mass is 32.2. The number of ether oxygens (including phenoxy) is 1. The van der Waals surface area contributed by atoms with Crippen LogP contribution in [0.4, 0.5) is 0 Å². The summed E-state index contributed by atoms with van der Waals surface area (Å²) >= 11 is 0. The van der Waals surface area contributed by atoms with Crippen LogP contribution in [0.2, 0.25) is 0 Å². The fourth-order valence-corrected chi connectivity index (χ4v) is 6.57. The first-order valence-corrected chi connectivity index (χ1v) is 12.4. The van der Waals surface area contributed by atoms with Crippen molar-refractivity contribution in [2.75, 3.05) is 26.2 Å². The zero-order valence-corrected chi connectivity index (χ0v) is 17.5. The Bertz CT molecular complexity index is 871. The molecule has 0 amide bonds. The van der Waals surface area contributed by atoms with E-state index in [0.29, 0.717) is 44.8 Å². The van der Waals surface area contributed by atoms with Crippen molar-refractivity contribution in [3.05, 3.63) is 23.8 Å². The lowest BCUT2D eigenvalue weighted by Crippen LogP contribution is -2.42. The third-order valence-electron chi connectivity index (χ3n) is 5.13. The number of aryl methyl sites for hydroxylation is 1. The average Bonchev–Trinajstić information content (AvgIpc) is 3.48. The van der Waals surface area contributed by atoms with E-state index in [1.165, 1.54) is 0 Å². The van der Waals surface area contributed by atoms with Crippen LogP contribution in [0.25, 0.3) is 0 Å². The van der Waals surface area contributed by atoms with E-state index in [9.17, 15) is 16.8 Å². The molecule has 1 saturated carbocycles. The summed E-state index contributed by atoms with van der Waals surface area (Å²) in [5, 5.41) is -0.189. The van der Waals surface area contributed by atoms with Gasteiger partial charge in [0.05, 0.1) is 11.9 Å². The summed E-state index contributed by atoms with van der Waals surface area (Å²) in [6.45, 7) is 5.29. The number of hydrogen-bond donors (Lipinski definition) is 1. The monoisotopic (exact) mass is 416 g/mol. The van der Waals surface area contributed by atoms with Gasteiger partial charge in [0.25, 0.3) is 0 Å². The minimum atomic E-state index is -3.69. The zero-order valence-electron chi connectivity index (χ0n) is 15.8. The van der Waals surface area contributed by atoms with Crippen molar-refractivity contribution < 1.29 is 21.6 Å². The molecule has 0 unspecified atom stereocenters. The lowest BCUT2D eigenvalue weighted by Gasteiger charge is -2.31. The van der Waals surface area contributed by atoms with Crippen LogP contribution < -0.4 is 9.46 Å². The van der Waals surface area contributed by atoms with E-state index < -0.39 is 20.0 Å². The highest BCUT2D eigenvalue weighted by Gasteiger charge is 2.41. The highest BCUT2D eigenvalue weighted by Crippen LogP contribution is 2.33. The molecule has 0 bridgehead atoms. The summed E-state index contributed by atoms with van der Waals surface area (Å²) in [5.41, 5.74) is 0.845. The summed E-state index contributed by atoms with van der Waals surface area (Å²) in [6, 6.07) is 5.10. The molecule has 0 aromatic heterocycles. The number of sulfonamides is 2. The van der Waals surface area contributed by atoms with Crippen LogP contribution in [-0.4, -0.2) is 52.6 Å². The molecule has 1 saturated heterocycles. The number of nitrogens with zero attached hydrogens (tertiary/aromatic N) is 1. The Morgan fingerprint density at radius 2 is 1.78 bits per heavy atom. The van der Waals surface area contributed by atoms with E-state index >= 15 is 0 Å². The molecule has 1 N–H and O–H groups in total. The summed E-state index contributed by atoms with van der Waals surface area (Å²) in [4.78, 5) is 0.151. The Labute approximate surface area is 162 Å². The van der Waals surface area contributed by atoms with E-state index in [0.717, 1.165) is 18.4 Å². The summed E-state index contributed by atoms with van der Waals surface area (Å²) in [6.07, 6.45) is 2.86. The second-order valence-electron chi connectivity index (χ2n) is 7.32. The first-order chi connectivity index (χ1) is 12.7. The normalized spacial score (nSPS) is 19.9. The molecule has 1 aromatic rings. The van der Waals surface area contributed by atoms with E-state index in [4.69, 9.17) is 4.74 Å².